The van der Waals surface area contributed by atoms with Gasteiger partial charge >= 0.3 is 0 Å². The largest absolute Gasteiger partial charge is 0.338 e. The standard InChI is InChI=1S/C18H21N3O/c22-17(21-9-8-18(13-21)6-1-2-7-18)15-5-3-4-14(10-15)16-11-19-20-12-16/h3-5,10-12H,1-2,6-9,13H2,(H,19,20). The lowest BCUT2D eigenvalue weighted by Gasteiger charge is -2.23. The van der Waals surface area contributed by atoms with Gasteiger partial charge in [-0.25, -0.2) is 0 Å². The number of carbonyl (C=O) groups is 1. The number of aromatic nitrogens is 2. The first kappa shape index (κ1) is 13.6. The van der Waals surface area contributed by atoms with E-state index in [1.54, 1.807) is 6.20 Å². The lowest BCUT2D eigenvalue weighted by Crippen LogP contribution is -2.31. The molecule has 1 aliphatic heterocycles. The smallest absolute Gasteiger partial charge is 0.253 e. The van der Waals surface area contributed by atoms with Crippen molar-refractivity contribution in [3.8, 4) is 11.1 Å². The van der Waals surface area contributed by atoms with Crippen molar-refractivity contribution in [2.75, 3.05) is 13.1 Å². The summed E-state index contributed by atoms with van der Waals surface area (Å²) in [4.78, 5) is 14.9. The van der Waals surface area contributed by atoms with Crippen LogP contribution in [-0.4, -0.2) is 34.1 Å². The first-order chi connectivity index (χ1) is 10.8. The molecule has 2 heterocycles. The Morgan fingerprint density at radius 3 is 2.82 bits per heavy atom. The summed E-state index contributed by atoms with van der Waals surface area (Å²) < 4.78 is 0. The van der Waals surface area contributed by atoms with Crippen molar-refractivity contribution >= 4 is 5.91 Å². The zero-order chi connectivity index (χ0) is 15.0. The summed E-state index contributed by atoms with van der Waals surface area (Å²) in [5, 5.41) is 6.80. The minimum atomic E-state index is 0.175. The average molecular weight is 295 g/mol. The number of amides is 1. The van der Waals surface area contributed by atoms with Crippen molar-refractivity contribution in [2.45, 2.75) is 32.1 Å². The van der Waals surface area contributed by atoms with E-state index in [9.17, 15) is 4.79 Å². The van der Waals surface area contributed by atoms with E-state index in [4.69, 9.17) is 0 Å². The molecule has 2 aliphatic rings. The molecule has 1 aromatic carbocycles. The number of nitrogens with zero attached hydrogens (tertiary/aromatic N) is 2. The van der Waals surface area contributed by atoms with Crippen molar-refractivity contribution in [3.63, 3.8) is 0 Å². The minimum absolute atomic E-state index is 0.175. The van der Waals surface area contributed by atoms with Gasteiger partial charge in [0.15, 0.2) is 0 Å². The third-order valence-corrected chi connectivity index (χ3v) is 5.33. The normalized spacial score (nSPS) is 19.9. The molecule has 1 saturated carbocycles. The Labute approximate surface area is 130 Å². The number of nitrogens with one attached hydrogen (secondary N) is 1. The summed E-state index contributed by atoms with van der Waals surface area (Å²) >= 11 is 0. The summed E-state index contributed by atoms with van der Waals surface area (Å²) in [6, 6.07) is 7.87. The van der Waals surface area contributed by atoms with Crippen LogP contribution in [0.4, 0.5) is 0 Å². The van der Waals surface area contributed by atoms with Gasteiger partial charge in [0, 0.05) is 30.4 Å². The van der Waals surface area contributed by atoms with Gasteiger partial charge in [-0.3, -0.25) is 9.89 Å². The molecular formula is C18H21N3O. The number of aromatic amines is 1. The quantitative estimate of drug-likeness (QED) is 0.922. The molecule has 0 unspecified atom stereocenters. The van der Waals surface area contributed by atoms with Gasteiger partial charge in [-0.1, -0.05) is 25.0 Å². The van der Waals surface area contributed by atoms with Crippen LogP contribution in [0, 0.1) is 5.41 Å². The van der Waals surface area contributed by atoms with Crippen molar-refractivity contribution in [2.24, 2.45) is 5.41 Å². The van der Waals surface area contributed by atoms with E-state index in [0.717, 1.165) is 29.8 Å². The average Bonchev–Trinajstić information content (AvgIpc) is 3.30. The van der Waals surface area contributed by atoms with Crippen LogP contribution in [0.2, 0.25) is 0 Å². The topological polar surface area (TPSA) is 49.0 Å². The van der Waals surface area contributed by atoms with Gasteiger partial charge in [-0.2, -0.15) is 5.10 Å². The summed E-state index contributed by atoms with van der Waals surface area (Å²) in [5.41, 5.74) is 3.27. The lowest BCUT2D eigenvalue weighted by atomic mass is 9.86. The number of H-pyrrole nitrogens is 1. The third kappa shape index (κ3) is 2.32. The Kier molecular flexibility index (Phi) is 3.25. The first-order valence-electron chi connectivity index (χ1n) is 8.14. The van der Waals surface area contributed by atoms with Crippen LogP contribution in [0.25, 0.3) is 11.1 Å². The van der Waals surface area contributed by atoms with Crippen molar-refractivity contribution < 1.29 is 4.79 Å². The molecule has 4 nitrogen and oxygen atoms in total. The van der Waals surface area contributed by atoms with Gasteiger partial charge in [-0.15, -0.1) is 0 Å². The Balaban J connectivity index is 1.55. The molecule has 1 aliphatic carbocycles. The van der Waals surface area contributed by atoms with Gasteiger partial charge < -0.3 is 4.90 Å². The first-order valence-corrected chi connectivity index (χ1v) is 8.14. The third-order valence-electron chi connectivity index (χ3n) is 5.33. The maximum atomic E-state index is 12.8. The minimum Gasteiger partial charge on any atom is -0.338 e. The molecule has 2 aromatic rings. The predicted molar refractivity (Wildman–Crippen MR) is 85.4 cm³/mol. The van der Waals surface area contributed by atoms with E-state index in [2.05, 4.69) is 15.1 Å². The maximum absolute atomic E-state index is 12.8. The molecule has 4 rings (SSSR count). The van der Waals surface area contributed by atoms with Gasteiger partial charge in [0.25, 0.3) is 5.91 Å². The second-order valence-corrected chi connectivity index (χ2v) is 6.75. The molecule has 4 heteroatoms. The zero-order valence-corrected chi connectivity index (χ0v) is 12.7. The van der Waals surface area contributed by atoms with E-state index in [-0.39, 0.29) is 5.91 Å². The van der Waals surface area contributed by atoms with E-state index in [1.807, 2.05) is 30.5 Å². The Hall–Kier alpha value is -2.10. The van der Waals surface area contributed by atoms with Crippen LogP contribution in [0.3, 0.4) is 0 Å². The summed E-state index contributed by atoms with van der Waals surface area (Å²) in [6.07, 6.45) is 10.1. The number of benzene rings is 1. The molecule has 1 spiro atoms. The summed E-state index contributed by atoms with van der Waals surface area (Å²) in [6.45, 7) is 1.86. The molecular weight excluding hydrogens is 274 g/mol. The monoisotopic (exact) mass is 295 g/mol. The van der Waals surface area contributed by atoms with Crippen LogP contribution >= 0.6 is 0 Å². The van der Waals surface area contributed by atoms with Crippen molar-refractivity contribution in [3.05, 3.63) is 42.2 Å². The molecule has 1 N–H and O–H groups in total. The maximum Gasteiger partial charge on any atom is 0.253 e. The fourth-order valence-corrected chi connectivity index (χ4v) is 4.06. The second kappa shape index (κ2) is 5.27. The molecule has 0 radical (unpaired) electrons. The Morgan fingerprint density at radius 1 is 1.18 bits per heavy atom. The van der Waals surface area contributed by atoms with Crippen LogP contribution < -0.4 is 0 Å². The number of likely N-dealkylation sites (tertiary alicyclic amines) is 1. The van der Waals surface area contributed by atoms with Crippen molar-refractivity contribution in [1.82, 2.24) is 15.1 Å². The highest BCUT2D eigenvalue weighted by Gasteiger charge is 2.41. The van der Waals surface area contributed by atoms with E-state index < -0.39 is 0 Å². The summed E-state index contributed by atoms with van der Waals surface area (Å²) in [5.74, 6) is 0.175. The second-order valence-electron chi connectivity index (χ2n) is 6.75. The van der Waals surface area contributed by atoms with Crippen LogP contribution in [0.5, 0.6) is 0 Å². The SMILES string of the molecule is O=C(c1cccc(-c2cn[nH]c2)c1)N1CCC2(CCCC2)C1. The highest BCUT2D eigenvalue weighted by molar-refractivity contribution is 5.95. The molecule has 1 amide bonds. The zero-order valence-electron chi connectivity index (χ0n) is 12.7. The molecule has 2 fully saturated rings. The molecule has 1 aromatic heterocycles. The number of rotatable bonds is 2. The Bertz CT molecular complexity index is 671. The number of carbonyl (C=O) groups excluding carboxylic acids is 1. The van der Waals surface area contributed by atoms with Crippen LogP contribution in [0.1, 0.15) is 42.5 Å². The molecule has 22 heavy (non-hydrogen) atoms. The van der Waals surface area contributed by atoms with Gasteiger partial charge in [0.2, 0.25) is 0 Å². The summed E-state index contributed by atoms with van der Waals surface area (Å²) in [7, 11) is 0. The molecule has 1 saturated heterocycles. The molecule has 0 bridgehead atoms. The van der Waals surface area contributed by atoms with E-state index >= 15 is 0 Å². The Morgan fingerprint density at radius 2 is 2.05 bits per heavy atom. The van der Waals surface area contributed by atoms with Gasteiger partial charge in [0.1, 0.15) is 0 Å². The van der Waals surface area contributed by atoms with E-state index in [0.29, 0.717) is 5.41 Å². The molecule has 0 atom stereocenters. The van der Waals surface area contributed by atoms with E-state index in [1.165, 1.54) is 32.1 Å². The van der Waals surface area contributed by atoms with Crippen LogP contribution in [-0.2, 0) is 0 Å². The fraction of sp³-hybridized carbons (Fsp3) is 0.444. The lowest BCUT2D eigenvalue weighted by molar-refractivity contribution is 0.0773. The molecule has 114 valence electrons. The van der Waals surface area contributed by atoms with Gasteiger partial charge in [0.05, 0.1) is 6.20 Å². The van der Waals surface area contributed by atoms with Gasteiger partial charge in [-0.05, 0) is 42.4 Å². The van der Waals surface area contributed by atoms with Crippen LogP contribution in [0.15, 0.2) is 36.7 Å². The highest BCUT2D eigenvalue weighted by Crippen LogP contribution is 2.45. The van der Waals surface area contributed by atoms with Crippen molar-refractivity contribution in [1.29, 1.82) is 0 Å². The predicted octanol–water partition coefficient (Wildman–Crippen LogP) is 3.48. The highest BCUT2D eigenvalue weighted by atomic mass is 16.2. The number of hydrogen-bond donors (Lipinski definition) is 1. The fourth-order valence-electron chi connectivity index (χ4n) is 4.06. The number of hydrogen-bond acceptors (Lipinski definition) is 2.